The number of β-lactam (4-membered cyclic amide) rings is 1. The van der Waals surface area contributed by atoms with E-state index in [1.165, 1.54) is 23.8 Å². The second kappa shape index (κ2) is 10.3. The number of nitrogens with zero attached hydrogens (tertiary/aromatic N) is 5. The van der Waals surface area contributed by atoms with Crippen molar-refractivity contribution in [2.24, 2.45) is 5.16 Å². The molecule has 15 heteroatoms. The number of carbonyl (C=O) groups excluding carboxylic acids is 3. The summed E-state index contributed by atoms with van der Waals surface area (Å²) in [6.07, 6.45) is 1.87. The number of aromatic nitrogens is 3. The molecule has 0 bridgehead atoms. The van der Waals surface area contributed by atoms with E-state index in [9.17, 15) is 19.5 Å². The average molecular weight is 574 g/mol. The summed E-state index contributed by atoms with van der Waals surface area (Å²) in [5.74, 6) is -2.08. The van der Waals surface area contributed by atoms with Crippen LogP contribution in [-0.4, -0.2) is 62.6 Å². The number of nitrogen functional groups attached to an aromatic ring is 1. The molecule has 5 rings (SSSR count). The number of pyridine rings is 1. The van der Waals surface area contributed by atoms with Gasteiger partial charge in [0.05, 0.1) is 11.7 Å². The smallest absolute Gasteiger partial charge is 0.289 e. The van der Waals surface area contributed by atoms with Gasteiger partial charge in [-0.15, -0.1) is 23.1 Å². The summed E-state index contributed by atoms with van der Waals surface area (Å²) in [5, 5.41) is 20.8. The number of amides is 2. The highest BCUT2D eigenvalue weighted by Crippen LogP contribution is 2.40. The number of hydrogen-bond acceptors (Lipinski definition) is 12. The number of rotatable bonds is 8. The third kappa shape index (κ3) is 4.61. The zero-order valence-corrected chi connectivity index (χ0v) is 23.0. The summed E-state index contributed by atoms with van der Waals surface area (Å²) in [6.45, 7) is 4.40. The topological polar surface area (TPSA) is 167 Å². The Morgan fingerprint density at radius 2 is 2.18 bits per heavy atom. The minimum atomic E-state index is -1.44. The number of carboxylic acid groups (broad SMARTS) is 1. The molecule has 5 heterocycles. The van der Waals surface area contributed by atoms with Gasteiger partial charge >= 0.3 is 0 Å². The molecule has 3 aromatic rings. The van der Waals surface area contributed by atoms with Crippen molar-refractivity contribution in [3.05, 3.63) is 45.7 Å². The Hall–Kier alpha value is -3.56. The standard InChI is InChI=1S/C23H23N7O5S3/c1-10(2)18-25-12-5-4-6-29(20(12)38-18)7-11-8-36-21-15(19(32)30(21)16(11)22(33)34)27-17(31)14(28-35-3)13-9-37-23(24)26-13/h4-6,9-10,15,21H,7-8H2,1-3H3,(H3-,24,26,27,31,33,34)/t15?,21-/m0/s1. The molecule has 3 aromatic heterocycles. The van der Waals surface area contributed by atoms with Gasteiger partial charge in [-0.1, -0.05) is 30.3 Å². The molecule has 2 aliphatic rings. The molecule has 38 heavy (non-hydrogen) atoms. The van der Waals surface area contributed by atoms with Crippen molar-refractivity contribution in [2.45, 2.75) is 37.7 Å². The molecule has 3 N–H and O–H groups in total. The number of nitrogens with one attached hydrogen (secondary N) is 1. The normalized spacial score (nSPS) is 19.5. The zero-order chi connectivity index (χ0) is 27.1. The molecule has 0 radical (unpaired) electrons. The van der Waals surface area contributed by atoms with Crippen LogP contribution in [0.1, 0.15) is 30.5 Å². The Kier molecular flexibility index (Phi) is 7.07. The minimum Gasteiger partial charge on any atom is -0.543 e. The number of carboxylic acids is 1. The molecule has 0 aromatic carbocycles. The second-order valence-corrected chi connectivity index (χ2v) is 11.8. The molecule has 2 atom stereocenters. The molecule has 198 valence electrons. The SMILES string of the molecule is CON=C(C(=O)NC1C(=O)N2C(C(=O)[O-])=C(C[n+]3cccc4nc(C(C)C)sc43)CS[C@@H]12)c1csc(N)n1. The van der Waals surface area contributed by atoms with Crippen LogP contribution in [0.4, 0.5) is 5.13 Å². The van der Waals surface area contributed by atoms with Crippen LogP contribution in [0.15, 0.2) is 40.1 Å². The summed E-state index contributed by atoms with van der Waals surface area (Å²) < 4.78 is 1.94. The lowest BCUT2D eigenvalue weighted by Crippen LogP contribution is -2.71. The summed E-state index contributed by atoms with van der Waals surface area (Å²) in [4.78, 5) is 53.9. The van der Waals surface area contributed by atoms with Gasteiger partial charge in [0, 0.05) is 28.7 Å². The van der Waals surface area contributed by atoms with Crippen LogP contribution in [0.3, 0.4) is 0 Å². The van der Waals surface area contributed by atoms with Crippen molar-refractivity contribution in [2.75, 3.05) is 18.6 Å². The molecule has 2 aliphatic heterocycles. The minimum absolute atomic E-state index is 0.140. The number of carbonyl (C=O) groups is 3. The number of anilines is 1. The van der Waals surface area contributed by atoms with E-state index in [1.54, 1.807) is 16.7 Å². The fourth-order valence-corrected chi connectivity index (χ4v) is 7.15. The van der Waals surface area contributed by atoms with Crippen LogP contribution in [0, 0.1) is 0 Å². The van der Waals surface area contributed by atoms with Crippen LogP contribution in [-0.2, 0) is 25.8 Å². The number of fused-ring (bicyclic) bond motifs is 2. The highest BCUT2D eigenvalue weighted by Gasteiger charge is 2.53. The van der Waals surface area contributed by atoms with Crippen LogP contribution in [0.25, 0.3) is 10.3 Å². The lowest BCUT2D eigenvalue weighted by molar-refractivity contribution is -0.661. The first-order valence-electron chi connectivity index (χ1n) is 11.5. The van der Waals surface area contributed by atoms with Gasteiger partial charge in [-0.05, 0) is 6.07 Å². The molecule has 1 fully saturated rings. The third-order valence-electron chi connectivity index (χ3n) is 5.98. The summed E-state index contributed by atoms with van der Waals surface area (Å²) in [5.41, 5.74) is 6.94. The van der Waals surface area contributed by atoms with Gasteiger partial charge < -0.3 is 25.8 Å². The monoisotopic (exact) mass is 573 g/mol. The van der Waals surface area contributed by atoms with E-state index in [1.807, 2.05) is 22.9 Å². The van der Waals surface area contributed by atoms with E-state index < -0.39 is 29.2 Å². The largest absolute Gasteiger partial charge is 0.543 e. The molecule has 1 unspecified atom stereocenters. The van der Waals surface area contributed by atoms with E-state index in [2.05, 4.69) is 34.3 Å². The van der Waals surface area contributed by atoms with Crippen LogP contribution >= 0.6 is 34.4 Å². The first kappa shape index (κ1) is 26.1. The van der Waals surface area contributed by atoms with E-state index >= 15 is 0 Å². The highest BCUT2D eigenvalue weighted by molar-refractivity contribution is 8.00. The van der Waals surface area contributed by atoms with Crippen LogP contribution in [0.5, 0.6) is 0 Å². The van der Waals surface area contributed by atoms with Gasteiger partial charge in [0.2, 0.25) is 0 Å². The number of thiazole rings is 2. The Balaban J connectivity index is 1.39. The van der Waals surface area contributed by atoms with Gasteiger partial charge in [-0.3, -0.25) is 14.5 Å². The molecule has 0 aliphatic carbocycles. The number of aliphatic carboxylic acids is 1. The van der Waals surface area contributed by atoms with Crippen molar-refractivity contribution in [1.29, 1.82) is 0 Å². The maximum atomic E-state index is 13.1. The summed E-state index contributed by atoms with van der Waals surface area (Å²) in [6, 6.07) is 2.83. The number of nitrogens with two attached hydrogens (primary N) is 1. The number of thioether (sulfide) groups is 1. The second-order valence-electron chi connectivity index (χ2n) is 8.83. The molecular weight excluding hydrogens is 550 g/mol. The Labute approximate surface area is 229 Å². The Morgan fingerprint density at radius 1 is 1.39 bits per heavy atom. The lowest BCUT2D eigenvalue weighted by Gasteiger charge is -2.50. The predicted octanol–water partition coefficient (Wildman–Crippen LogP) is 0.201. The van der Waals surface area contributed by atoms with Gasteiger partial charge in [-0.2, -0.15) is 4.57 Å². The molecule has 0 saturated carbocycles. The third-order valence-corrected chi connectivity index (χ3v) is 9.40. The molecular formula is C23H23N7O5S3. The van der Waals surface area contributed by atoms with Crippen LogP contribution in [0.2, 0.25) is 0 Å². The molecule has 2 amide bonds. The van der Waals surface area contributed by atoms with E-state index in [4.69, 9.17) is 10.6 Å². The summed E-state index contributed by atoms with van der Waals surface area (Å²) in [7, 11) is 1.28. The first-order chi connectivity index (χ1) is 18.2. The summed E-state index contributed by atoms with van der Waals surface area (Å²) >= 11 is 4.05. The van der Waals surface area contributed by atoms with Gasteiger partial charge in [0.25, 0.3) is 16.6 Å². The van der Waals surface area contributed by atoms with Crippen molar-refractivity contribution in [1.82, 2.24) is 20.2 Å². The van der Waals surface area contributed by atoms with E-state index in [0.29, 0.717) is 11.3 Å². The Morgan fingerprint density at radius 3 is 2.84 bits per heavy atom. The van der Waals surface area contributed by atoms with Gasteiger partial charge in [0.15, 0.2) is 23.6 Å². The maximum Gasteiger partial charge on any atom is 0.289 e. The highest BCUT2D eigenvalue weighted by atomic mass is 32.2. The Bertz CT molecular complexity index is 1510. The van der Waals surface area contributed by atoms with Crippen LogP contribution < -0.4 is 20.7 Å². The lowest BCUT2D eigenvalue weighted by atomic mass is 10.0. The predicted molar refractivity (Wildman–Crippen MR) is 141 cm³/mol. The molecule has 0 spiro atoms. The van der Waals surface area contributed by atoms with Gasteiger partial charge in [-0.25, -0.2) is 9.97 Å². The molecule has 1 saturated heterocycles. The number of hydrogen-bond donors (Lipinski definition) is 2. The molecule has 12 nitrogen and oxygen atoms in total. The maximum absolute atomic E-state index is 13.1. The average Bonchev–Trinajstić information content (AvgIpc) is 3.52. The van der Waals surface area contributed by atoms with Crippen molar-refractivity contribution < 1.29 is 28.9 Å². The van der Waals surface area contributed by atoms with Crippen molar-refractivity contribution in [3.8, 4) is 0 Å². The number of oxime groups is 1. The quantitative estimate of drug-likeness (QED) is 0.166. The van der Waals surface area contributed by atoms with E-state index in [0.717, 1.165) is 26.7 Å². The van der Waals surface area contributed by atoms with Crippen molar-refractivity contribution in [3.63, 3.8) is 0 Å². The van der Waals surface area contributed by atoms with Crippen molar-refractivity contribution >= 4 is 73.4 Å². The fraction of sp³-hybridized carbons (Fsp3) is 0.348. The van der Waals surface area contributed by atoms with Gasteiger partial charge in [0.1, 0.15) is 34.7 Å². The van der Waals surface area contributed by atoms with E-state index in [-0.39, 0.29) is 34.7 Å². The fourth-order valence-electron chi connectivity index (χ4n) is 4.23. The first-order valence-corrected chi connectivity index (χ1v) is 14.2. The zero-order valence-electron chi connectivity index (χ0n) is 20.5.